The maximum atomic E-state index is 13.3. The van der Waals surface area contributed by atoms with Gasteiger partial charge < -0.3 is 15.0 Å². The fraction of sp³-hybridized carbons (Fsp3) is 0.417. The van der Waals surface area contributed by atoms with Crippen molar-refractivity contribution < 1.29 is 18.7 Å². The van der Waals surface area contributed by atoms with Crippen LogP contribution in [-0.2, 0) is 16.1 Å². The van der Waals surface area contributed by atoms with Crippen LogP contribution in [0, 0.1) is 5.82 Å². The maximum Gasteiger partial charge on any atom is 0.261 e. The van der Waals surface area contributed by atoms with E-state index in [1.165, 1.54) is 22.6 Å². The van der Waals surface area contributed by atoms with Gasteiger partial charge in [-0.2, -0.15) is 0 Å². The first kappa shape index (κ1) is 23.4. The van der Waals surface area contributed by atoms with E-state index >= 15 is 0 Å². The number of nitrogens with zero attached hydrogens (tertiary/aromatic N) is 1. The largest absolute Gasteiger partial charge is 0.484 e. The number of halogens is 1. The monoisotopic (exact) mass is 414 g/mol. The van der Waals surface area contributed by atoms with Crippen LogP contribution in [0.15, 0.2) is 48.5 Å². The SMILES string of the molecule is CCNC(=O)[C@H](CC)N(Cc1ccc(F)cc1)C(=O)COc1ccc(C(C)C)cc1. The summed E-state index contributed by atoms with van der Waals surface area (Å²) >= 11 is 0. The van der Waals surface area contributed by atoms with E-state index in [2.05, 4.69) is 19.2 Å². The van der Waals surface area contributed by atoms with E-state index in [1.54, 1.807) is 12.1 Å². The highest BCUT2D eigenvalue weighted by atomic mass is 19.1. The molecule has 1 N–H and O–H groups in total. The summed E-state index contributed by atoms with van der Waals surface area (Å²) in [5.41, 5.74) is 1.93. The lowest BCUT2D eigenvalue weighted by atomic mass is 10.0. The summed E-state index contributed by atoms with van der Waals surface area (Å²) in [6.45, 7) is 8.41. The van der Waals surface area contributed by atoms with Crippen molar-refractivity contribution in [1.82, 2.24) is 10.2 Å². The zero-order chi connectivity index (χ0) is 22.1. The molecule has 2 rings (SSSR count). The van der Waals surface area contributed by atoms with Crippen LogP contribution in [0.2, 0.25) is 0 Å². The van der Waals surface area contributed by atoms with Gasteiger partial charge in [-0.05, 0) is 54.7 Å². The normalized spacial score (nSPS) is 11.8. The zero-order valence-corrected chi connectivity index (χ0v) is 18.2. The molecule has 0 unspecified atom stereocenters. The van der Waals surface area contributed by atoms with E-state index in [-0.39, 0.29) is 30.8 Å². The number of carbonyl (C=O) groups excluding carboxylic acids is 2. The Morgan fingerprint density at radius 2 is 1.67 bits per heavy atom. The van der Waals surface area contributed by atoms with Crippen LogP contribution in [0.3, 0.4) is 0 Å². The first-order chi connectivity index (χ1) is 14.3. The molecule has 0 saturated carbocycles. The van der Waals surface area contributed by atoms with E-state index in [0.717, 1.165) is 5.56 Å². The van der Waals surface area contributed by atoms with Crippen molar-refractivity contribution in [2.45, 2.75) is 52.6 Å². The number of likely N-dealkylation sites (N-methyl/N-ethyl adjacent to an activating group) is 1. The molecule has 0 aromatic heterocycles. The molecule has 0 aliphatic carbocycles. The van der Waals surface area contributed by atoms with Crippen LogP contribution in [0.4, 0.5) is 4.39 Å². The summed E-state index contributed by atoms with van der Waals surface area (Å²) in [4.78, 5) is 27.1. The van der Waals surface area contributed by atoms with E-state index in [9.17, 15) is 14.0 Å². The lowest BCUT2D eigenvalue weighted by molar-refractivity contribution is -0.142. The molecule has 0 spiro atoms. The average Bonchev–Trinajstić information content (AvgIpc) is 2.73. The molecule has 2 amide bonds. The Morgan fingerprint density at radius 3 is 2.20 bits per heavy atom. The molecule has 2 aromatic carbocycles. The van der Waals surface area contributed by atoms with Crippen molar-refractivity contribution in [3.8, 4) is 5.75 Å². The molecule has 0 aliphatic rings. The summed E-state index contributed by atoms with van der Waals surface area (Å²) in [5.74, 6) is 0.150. The van der Waals surface area contributed by atoms with Gasteiger partial charge >= 0.3 is 0 Å². The fourth-order valence-electron chi connectivity index (χ4n) is 3.17. The topological polar surface area (TPSA) is 58.6 Å². The summed E-state index contributed by atoms with van der Waals surface area (Å²) in [5, 5.41) is 2.78. The van der Waals surface area contributed by atoms with E-state index in [0.29, 0.717) is 24.6 Å². The van der Waals surface area contributed by atoms with Crippen LogP contribution in [0.25, 0.3) is 0 Å². The second-order valence-corrected chi connectivity index (χ2v) is 7.48. The highest BCUT2D eigenvalue weighted by molar-refractivity contribution is 5.88. The first-order valence-corrected chi connectivity index (χ1v) is 10.4. The summed E-state index contributed by atoms with van der Waals surface area (Å²) < 4.78 is 18.9. The third-order valence-electron chi connectivity index (χ3n) is 4.91. The van der Waals surface area contributed by atoms with Crippen LogP contribution < -0.4 is 10.1 Å². The van der Waals surface area contributed by atoms with Gasteiger partial charge in [-0.3, -0.25) is 9.59 Å². The highest BCUT2D eigenvalue weighted by Crippen LogP contribution is 2.19. The van der Waals surface area contributed by atoms with Gasteiger partial charge in [-0.25, -0.2) is 4.39 Å². The number of amides is 2. The lowest BCUT2D eigenvalue weighted by Crippen LogP contribution is -2.50. The van der Waals surface area contributed by atoms with Crippen molar-refractivity contribution in [3.63, 3.8) is 0 Å². The van der Waals surface area contributed by atoms with Gasteiger partial charge in [0, 0.05) is 13.1 Å². The number of hydrogen-bond donors (Lipinski definition) is 1. The Kier molecular flexibility index (Phi) is 8.84. The minimum Gasteiger partial charge on any atom is -0.484 e. The average molecular weight is 415 g/mol. The molecule has 0 radical (unpaired) electrons. The molecule has 0 saturated heterocycles. The van der Waals surface area contributed by atoms with Gasteiger partial charge in [0.15, 0.2) is 6.61 Å². The Hall–Kier alpha value is -2.89. The Balaban J connectivity index is 2.15. The van der Waals surface area contributed by atoms with Gasteiger partial charge in [-0.1, -0.05) is 45.0 Å². The van der Waals surface area contributed by atoms with E-state index in [1.807, 2.05) is 38.1 Å². The van der Waals surface area contributed by atoms with Crippen LogP contribution in [0.1, 0.15) is 51.2 Å². The molecule has 1 atom stereocenters. The summed E-state index contributed by atoms with van der Waals surface area (Å²) in [6, 6.07) is 12.9. The summed E-state index contributed by atoms with van der Waals surface area (Å²) in [6.07, 6.45) is 0.460. The molecule has 2 aromatic rings. The molecular formula is C24H31FN2O3. The van der Waals surface area contributed by atoms with Gasteiger partial charge in [0.25, 0.3) is 5.91 Å². The van der Waals surface area contributed by atoms with Crippen molar-refractivity contribution in [2.75, 3.05) is 13.2 Å². The Bertz CT molecular complexity index is 819. The molecular weight excluding hydrogens is 383 g/mol. The lowest BCUT2D eigenvalue weighted by Gasteiger charge is -2.30. The minimum atomic E-state index is -0.630. The second-order valence-electron chi connectivity index (χ2n) is 7.48. The molecule has 0 aliphatic heterocycles. The van der Waals surface area contributed by atoms with Crippen LogP contribution in [0.5, 0.6) is 5.75 Å². The fourth-order valence-corrected chi connectivity index (χ4v) is 3.17. The van der Waals surface area contributed by atoms with Gasteiger partial charge in [0.05, 0.1) is 0 Å². The van der Waals surface area contributed by atoms with Crippen molar-refractivity contribution in [1.29, 1.82) is 0 Å². The van der Waals surface area contributed by atoms with Crippen molar-refractivity contribution in [3.05, 3.63) is 65.5 Å². The molecule has 162 valence electrons. The minimum absolute atomic E-state index is 0.182. The third kappa shape index (κ3) is 6.58. The van der Waals surface area contributed by atoms with Crippen LogP contribution in [-0.4, -0.2) is 35.9 Å². The predicted octanol–water partition coefficient (Wildman–Crippen LogP) is 4.27. The van der Waals surface area contributed by atoms with Gasteiger partial charge in [0.1, 0.15) is 17.6 Å². The highest BCUT2D eigenvalue weighted by Gasteiger charge is 2.28. The number of hydrogen-bond acceptors (Lipinski definition) is 3. The number of nitrogens with one attached hydrogen (secondary N) is 1. The van der Waals surface area contributed by atoms with Crippen molar-refractivity contribution >= 4 is 11.8 Å². The van der Waals surface area contributed by atoms with Crippen molar-refractivity contribution in [2.24, 2.45) is 0 Å². The summed E-state index contributed by atoms with van der Waals surface area (Å²) in [7, 11) is 0. The maximum absolute atomic E-state index is 13.3. The predicted molar refractivity (Wildman–Crippen MR) is 116 cm³/mol. The van der Waals surface area contributed by atoms with Gasteiger partial charge in [-0.15, -0.1) is 0 Å². The number of ether oxygens (including phenoxy) is 1. The number of benzene rings is 2. The molecule has 6 heteroatoms. The standard InChI is InChI=1S/C24H31FN2O3/c1-5-22(24(29)26-6-2)27(15-18-7-11-20(25)12-8-18)23(28)16-30-21-13-9-19(10-14-21)17(3)4/h7-14,17,22H,5-6,15-16H2,1-4H3,(H,26,29)/t22-/m0/s1. The van der Waals surface area contributed by atoms with Gasteiger partial charge in [0.2, 0.25) is 5.91 Å². The van der Waals surface area contributed by atoms with Crippen LogP contribution >= 0.6 is 0 Å². The molecule has 30 heavy (non-hydrogen) atoms. The quantitative estimate of drug-likeness (QED) is 0.632. The zero-order valence-electron chi connectivity index (χ0n) is 18.2. The number of rotatable bonds is 10. The number of carbonyl (C=O) groups is 2. The van der Waals surface area contributed by atoms with E-state index < -0.39 is 6.04 Å². The van der Waals surface area contributed by atoms with E-state index in [4.69, 9.17) is 4.74 Å². The third-order valence-corrected chi connectivity index (χ3v) is 4.91. The molecule has 5 nitrogen and oxygen atoms in total. The Labute approximate surface area is 178 Å². The first-order valence-electron chi connectivity index (χ1n) is 10.4. The second kappa shape index (κ2) is 11.3. The smallest absolute Gasteiger partial charge is 0.261 e. The molecule has 0 heterocycles. The Morgan fingerprint density at radius 1 is 1.03 bits per heavy atom. The molecule has 0 fully saturated rings. The molecule has 0 bridgehead atoms.